The van der Waals surface area contributed by atoms with Crippen LogP contribution >= 0.6 is 0 Å². The molecule has 0 saturated carbocycles. The molecule has 0 bridgehead atoms. The van der Waals surface area contributed by atoms with Crippen LogP contribution in [0.5, 0.6) is 0 Å². The zero-order valence-corrected chi connectivity index (χ0v) is 9.99. The Kier molecular flexibility index (Phi) is 4.38. The van der Waals surface area contributed by atoms with Gasteiger partial charge in [-0.2, -0.15) is 0 Å². The summed E-state index contributed by atoms with van der Waals surface area (Å²) in [6.45, 7) is 6.74. The Labute approximate surface area is 103 Å². The maximum atomic E-state index is 11.6. The first-order chi connectivity index (χ1) is 7.46. The third-order valence-electron chi connectivity index (χ3n) is 2.67. The Bertz CT molecular complexity index is 274. The van der Waals surface area contributed by atoms with E-state index in [1.807, 2.05) is 20.8 Å². The normalized spacial score (nSPS) is 31.6. The molecule has 3 atom stereocenters. The Morgan fingerprint density at radius 1 is 1.35 bits per heavy atom. The van der Waals surface area contributed by atoms with Crippen LogP contribution < -0.4 is 5.32 Å². The molecule has 0 aliphatic carbocycles. The van der Waals surface area contributed by atoms with Crippen molar-refractivity contribution in [2.24, 2.45) is 0 Å². The van der Waals surface area contributed by atoms with Gasteiger partial charge in [0.25, 0.3) is 0 Å². The average molecular weight is 245 g/mol. The lowest BCUT2D eigenvalue weighted by molar-refractivity contribution is 0.0406. The molecule has 2 rings (SSSR count). The van der Waals surface area contributed by atoms with Crippen LogP contribution in [0.15, 0.2) is 0 Å². The number of ether oxygens (including phenoxy) is 3. The number of carbonyl (C=O) groups excluding carboxylic acids is 1. The van der Waals surface area contributed by atoms with Gasteiger partial charge in [-0.15, -0.1) is 0 Å². The third kappa shape index (κ3) is 3.57. The standard InChI is InChI=1S/C11H19NO4.CH4/c1-11(2,3)16-10(13)12-7-6-15-8-4-5-14-9(7)8;/h7-9H,4-6H2,1-3H3,(H,12,13);1H4. The molecule has 2 aliphatic rings. The van der Waals surface area contributed by atoms with Crippen LogP contribution in [0, 0.1) is 0 Å². The summed E-state index contributed by atoms with van der Waals surface area (Å²) in [6.07, 6.45) is 0.640. The minimum Gasteiger partial charge on any atom is -0.444 e. The van der Waals surface area contributed by atoms with Crippen LogP contribution in [0.4, 0.5) is 4.79 Å². The summed E-state index contributed by atoms with van der Waals surface area (Å²) in [7, 11) is 0. The summed E-state index contributed by atoms with van der Waals surface area (Å²) in [5.41, 5.74) is -0.473. The SMILES string of the molecule is C.CC(C)(C)OC(=O)NC1COC2CCOC12. The molecule has 0 radical (unpaired) electrons. The molecule has 100 valence electrons. The Morgan fingerprint density at radius 2 is 2.06 bits per heavy atom. The van der Waals surface area contributed by atoms with Gasteiger partial charge in [0.1, 0.15) is 11.7 Å². The Balaban J connectivity index is 0.00000144. The van der Waals surface area contributed by atoms with Gasteiger partial charge in [0, 0.05) is 6.61 Å². The fourth-order valence-electron chi connectivity index (χ4n) is 2.05. The number of amides is 1. The van der Waals surface area contributed by atoms with E-state index >= 15 is 0 Å². The Morgan fingerprint density at radius 3 is 2.71 bits per heavy atom. The van der Waals surface area contributed by atoms with Crippen LogP contribution in [0.2, 0.25) is 0 Å². The predicted molar refractivity (Wildman–Crippen MR) is 64.0 cm³/mol. The molecule has 2 saturated heterocycles. The van der Waals surface area contributed by atoms with Gasteiger partial charge in [0.15, 0.2) is 0 Å². The maximum absolute atomic E-state index is 11.6. The molecule has 5 heteroatoms. The summed E-state index contributed by atoms with van der Waals surface area (Å²) in [5.74, 6) is 0. The van der Waals surface area contributed by atoms with Crippen LogP contribution in [-0.4, -0.2) is 43.2 Å². The van der Waals surface area contributed by atoms with Gasteiger partial charge in [0.05, 0.1) is 18.8 Å². The van der Waals surface area contributed by atoms with Gasteiger partial charge in [-0.3, -0.25) is 0 Å². The van der Waals surface area contributed by atoms with E-state index in [1.54, 1.807) is 0 Å². The number of fused-ring (bicyclic) bond motifs is 1. The van der Waals surface area contributed by atoms with E-state index < -0.39 is 11.7 Å². The van der Waals surface area contributed by atoms with Crippen LogP contribution in [0.25, 0.3) is 0 Å². The number of alkyl carbamates (subject to hydrolysis) is 1. The van der Waals surface area contributed by atoms with E-state index in [9.17, 15) is 4.79 Å². The Hall–Kier alpha value is -0.810. The summed E-state index contributed by atoms with van der Waals surface area (Å²) in [5, 5.41) is 2.80. The van der Waals surface area contributed by atoms with Crippen molar-refractivity contribution in [1.29, 1.82) is 0 Å². The minimum atomic E-state index is -0.473. The van der Waals surface area contributed by atoms with Crippen molar-refractivity contribution in [1.82, 2.24) is 5.32 Å². The van der Waals surface area contributed by atoms with E-state index in [-0.39, 0.29) is 25.7 Å². The van der Waals surface area contributed by atoms with E-state index in [0.717, 1.165) is 6.42 Å². The highest BCUT2D eigenvalue weighted by molar-refractivity contribution is 5.68. The topological polar surface area (TPSA) is 56.8 Å². The molecule has 1 amide bonds. The second-order valence-electron chi connectivity index (χ2n) is 5.25. The number of rotatable bonds is 1. The van der Waals surface area contributed by atoms with Crippen molar-refractivity contribution in [2.75, 3.05) is 13.2 Å². The van der Waals surface area contributed by atoms with Crippen molar-refractivity contribution in [3.63, 3.8) is 0 Å². The minimum absolute atomic E-state index is 0. The van der Waals surface area contributed by atoms with Crippen molar-refractivity contribution in [3.05, 3.63) is 0 Å². The first-order valence-electron chi connectivity index (χ1n) is 5.68. The largest absolute Gasteiger partial charge is 0.444 e. The van der Waals surface area contributed by atoms with Crippen molar-refractivity contribution in [2.45, 2.75) is 58.5 Å². The van der Waals surface area contributed by atoms with E-state index in [2.05, 4.69) is 5.32 Å². The molecule has 2 aliphatic heterocycles. The lowest BCUT2D eigenvalue weighted by Gasteiger charge is -2.23. The highest BCUT2D eigenvalue weighted by Gasteiger charge is 2.42. The van der Waals surface area contributed by atoms with Gasteiger partial charge in [-0.25, -0.2) is 4.79 Å². The molecule has 0 aromatic rings. The lowest BCUT2D eigenvalue weighted by atomic mass is 10.1. The zero-order valence-electron chi connectivity index (χ0n) is 9.99. The summed E-state index contributed by atoms with van der Waals surface area (Å²) in [6, 6.07) is -0.0812. The van der Waals surface area contributed by atoms with Gasteiger partial charge in [-0.05, 0) is 27.2 Å². The molecule has 2 heterocycles. The highest BCUT2D eigenvalue weighted by atomic mass is 16.6. The average Bonchev–Trinajstić information content (AvgIpc) is 2.66. The molecule has 0 aromatic carbocycles. The smallest absolute Gasteiger partial charge is 0.408 e. The van der Waals surface area contributed by atoms with E-state index in [4.69, 9.17) is 14.2 Å². The second-order valence-corrected chi connectivity index (χ2v) is 5.25. The fraction of sp³-hybridized carbons (Fsp3) is 0.917. The van der Waals surface area contributed by atoms with Crippen LogP contribution in [-0.2, 0) is 14.2 Å². The van der Waals surface area contributed by atoms with Gasteiger partial charge in [-0.1, -0.05) is 7.43 Å². The highest BCUT2D eigenvalue weighted by Crippen LogP contribution is 2.26. The van der Waals surface area contributed by atoms with Crippen LogP contribution in [0.1, 0.15) is 34.6 Å². The molecule has 17 heavy (non-hydrogen) atoms. The summed E-state index contributed by atoms with van der Waals surface area (Å²) >= 11 is 0. The van der Waals surface area contributed by atoms with Crippen LogP contribution in [0.3, 0.4) is 0 Å². The molecule has 5 nitrogen and oxygen atoms in total. The molecule has 2 fully saturated rings. The van der Waals surface area contributed by atoms with Crippen molar-refractivity contribution in [3.8, 4) is 0 Å². The second kappa shape index (κ2) is 5.23. The first-order valence-corrected chi connectivity index (χ1v) is 5.68. The van der Waals surface area contributed by atoms with Gasteiger partial charge >= 0.3 is 6.09 Å². The zero-order chi connectivity index (χ0) is 11.8. The van der Waals surface area contributed by atoms with Crippen molar-refractivity contribution < 1.29 is 19.0 Å². The van der Waals surface area contributed by atoms with E-state index in [0.29, 0.717) is 13.2 Å². The number of hydrogen-bond acceptors (Lipinski definition) is 4. The number of carbonyl (C=O) groups is 1. The summed E-state index contributed by atoms with van der Waals surface area (Å²) < 4.78 is 16.2. The van der Waals surface area contributed by atoms with Crippen molar-refractivity contribution >= 4 is 6.09 Å². The molecular formula is C12H23NO4. The third-order valence-corrected chi connectivity index (χ3v) is 2.67. The number of nitrogens with one attached hydrogen (secondary N) is 1. The quantitative estimate of drug-likeness (QED) is 0.764. The lowest BCUT2D eigenvalue weighted by Crippen LogP contribution is -2.45. The fourth-order valence-corrected chi connectivity index (χ4v) is 2.05. The first kappa shape index (κ1) is 14.3. The molecule has 1 N–H and O–H groups in total. The molecule has 0 spiro atoms. The monoisotopic (exact) mass is 245 g/mol. The molecule has 3 unspecified atom stereocenters. The summed E-state index contributed by atoms with van der Waals surface area (Å²) in [4.78, 5) is 11.6. The molecule has 0 aromatic heterocycles. The maximum Gasteiger partial charge on any atom is 0.408 e. The number of hydrogen-bond donors (Lipinski definition) is 1. The molecular weight excluding hydrogens is 222 g/mol. The van der Waals surface area contributed by atoms with Gasteiger partial charge in [0.2, 0.25) is 0 Å². The predicted octanol–water partition coefficient (Wildman–Crippen LogP) is 1.70. The van der Waals surface area contributed by atoms with E-state index in [1.165, 1.54) is 0 Å². The van der Waals surface area contributed by atoms with Gasteiger partial charge < -0.3 is 19.5 Å².